The van der Waals surface area contributed by atoms with Crippen LogP contribution in [-0.4, -0.2) is 32.8 Å². The van der Waals surface area contributed by atoms with Crippen LogP contribution in [0.25, 0.3) is 0 Å². The number of hydrogen-bond donors (Lipinski definition) is 1. The lowest BCUT2D eigenvalue weighted by Crippen LogP contribution is -2.29. The molecule has 16 heavy (non-hydrogen) atoms. The van der Waals surface area contributed by atoms with Crippen molar-refractivity contribution in [3.63, 3.8) is 0 Å². The summed E-state index contributed by atoms with van der Waals surface area (Å²) in [6.07, 6.45) is -0.979. The summed E-state index contributed by atoms with van der Waals surface area (Å²) >= 11 is 3.28. The number of aliphatic hydroxyl groups excluding tert-OH is 1. The highest BCUT2D eigenvalue weighted by Crippen LogP contribution is 2.28. The zero-order valence-electron chi connectivity index (χ0n) is 10.0. The molecule has 2 unspecified atom stereocenters. The maximum absolute atomic E-state index is 10.3. The van der Waals surface area contributed by atoms with Crippen molar-refractivity contribution in [1.82, 2.24) is 15.0 Å². The van der Waals surface area contributed by atoms with E-state index in [1.54, 1.807) is 11.7 Å². The topological polar surface area (TPSA) is 60.2 Å². The van der Waals surface area contributed by atoms with Crippen LogP contribution in [0.4, 0.5) is 0 Å². The molecule has 0 amide bonds. The van der Waals surface area contributed by atoms with Crippen LogP contribution in [0.3, 0.4) is 0 Å². The molecule has 0 aliphatic heterocycles. The summed E-state index contributed by atoms with van der Waals surface area (Å²) in [4.78, 5) is 0. The number of nitrogens with zero attached hydrogens (tertiary/aromatic N) is 3. The number of aryl methyl sites for hydroxylation is 1. The molecule has 0 fully saturated rings. The Hall–Kier alpha value is -0.460. The number of halogens is 1. The molecule has 2 atom stereocenters. The molecular weight excluding hydrogens is 274 g/mol. The minimum absolute atomic E-state index is 0.219. The highest BCUT2D eigenvalue weighted by Gasteiger charge is 2.29. The SMILES string of the molecule is CCOC(C(C)C)C(O)c1c(Br)nnn1C. The fourth-order valence-corrected chi connectivity index (χ4v) is 2.21. The average molecular weight is 292 g/mol. The Morgan fingerprint density at radius 1 is 1.50 bits per heavy atom. The van der Waals surface area contributed by atoms with E-state index in [4.69, 9.17) is 4.74 Å². The molecule has 6 heteroatoms. The predicted molar refractivity (Wildman–Crippen MR) is 63.9 cm³/mol. The second-order valence-corrected chi connectivity index (χ2v) is 4.75. The second kappa shape index (κ2) is 5.75. The van der Waals surface area contributed by atoms with Crippen LogP contribution in [0.15, 0.2) is 4.60 Å². The van der Waals surface area contributed by atoms with Gasteiger partial charge in [-0.2, -0.15) is 0 Å². The average Bonchev–Trinajstić information content (AvgIpc) is 2.54. The predicted octanol–water partition coefficient (Wildman–Crippen LogP) is 1.67. The number of aliphatic hydroxyl groups is 1. The first kappa shape index (κ1) is 13.6. The van der Waals surface area contributed by atoms with E-state index in [0.29, 0.717) is 16.9 Å². The maximum atomic E-state index is 10.3. The largest absolute Gasteiger partial charge is 0.384 e. The summed E-state index contributed by atoms with van der Waals surface area (Å²) in [5.74, 6) is 0.219. The number of rotatable bonds is 5. The summed E-state index contributed by atoms with van der Waals surface area (Å²) < 4.78 is 7.68. The molecule has 1 aromatic rings. The van der Waals surface area contributed by atoms with Crippen molar-refractivity contribution in [2.75, 3.05) is 6.61 Å². The molecule has 5 nitrogen and oxygen atoms in total. The van der Waals surface area contributed by atoms with Crippen molar-refractivity contribution >= 4 is 15.9 Å². The van der Waals surface area contributed by atoms with Gasteiger partial charge in [0.25, 0.3) is 0 Å². The van der Waals surface area contributed by atoms with Crippen LogP contribution >= 0.6 is 15.9 Å². The zero-order valence-corrected chi connectivity index (χ0v) is 11.6. The molecule has 0 spiro atoms. The van der Waals surface area contributed by atoms with E-state index >= 15 is 0 Å². The molecule has 1 N–H and O–H groups in total. The fourth-order valence-electron chi connectivity index (χ4n) is 1.65. The van der Waals surface area contributed by atoms with E-state index in [2.05, 4.69) is 26.2 Å². The lowest BCUT2D eigenvalue weighted by Gasteiger charge is -2.26. The molecule has 0 radical (unpaired) electrons. The number of hydrogen-bond acceptors (Lipinski definition) is 4. The standard InChI is InChI=1S/C10H18BrN3O2/c1-5-16-9(6(2)3)8(15)7-10(11)12-13-14(7)4/h6,8-9,15H,5H2,1-4H3. The monoisotopic (exact) mass is 291 g/mol. The molecule has 0 bridgehead atoms. The van der Waals surface area contributed by atoms with Crippen LogP contribution in [0.5, 0.6) is 0 Å². The molecule has 0 saturated heterocycles. The Balaban J connectivity index is 2.94. The third kappa shape index (κ3) is 2.81. The molecule has 1 aromatic heterocycles. The van der Waals surface area contributed by atoms with Gasteiger partial charge in [-0.25, -0.2) is 4.68 Å². The number of aromatic nitrogens is 3. The summed E-state index contributed by atoms with van der Waals surface area (Å²) in [5, 5.41) is 18.0. The molecule has 92 valence electrons. The molecule has 0 saturated carbocycles. The van der Waals surface area contributed by atoms with E-state index in [9.17, 15) is 5.11 Å². The maximum Gasteiger partial charge on any atom is 0.154 e. The minimum Gasteiger partial charge on any atom is -0.384 e. The van der Waals surface area contributed by atoms with E-state index in [1.807, 2.05) is 20.8 Å². The van der Waals surface area contributed by atoms with Crippen molar-refractivity contribution in [1.29, 1.82) is 0 Å². The zero-order chi connectivity index (χ0) is 12.3. The van der Waals surface area contributed by atoms with Crippen molar-refractivity contribution < 1.29 is 9.84 Å². The van der Waals surface area contributed by atoms with Crippen LogP contribution in [0.2, 0.25) is 0 Å². The van der Waals surface area contributed by atoms with Gasteiger partial charge in [0.15, 0.2) is 4.60 Å². The molecule has 1 heterocycles. The van der Waals surface area contributed by atoms with Crippen molar-refractivity contribution in [3.8, 4) is 0 Å². The summed E-state index contributed by atoms with van der Waals surface area (Å²) in [6, 6.07) is 0. The molecule has 1 rings (SSSR count). The van der Waals surface area contributed by atoms with E-state index in [-0.39, 0.29) is 12.0 Å². The smallest absolute Gasteiger partial charge is 0.154 e. The van der Waals surface area contributed by atoms with Gasteiger partial charge in [0.2, 0.25) is 0 Å². The van der Waals surface area contributed by atoms with Crippen LogP contribution in [0.1, 0.15) is 32.6 Å². The van der Waals surface area contributed by atoms with Crippen molar-refractivity contribution in [2.24, 2.45) is 13.0 Å². The van der Waals surface area contributed by atoms with Gasteiger partial charge in [-0.1, -0.05) is 19.1 Å². The Kier molecular flexibility index (Phi) is 4.89. The van der Waals surface area contributed by atoms with Crippen LogP contribution in [0, 0.1) is 5.92 Å². The molecular formula is C10H18BrN3O2. The van der Waals surface area contributed by atoms with Gasteiger partial charge in [-0.3, -0.25) is 0 Å². The van der Waals surface area contributed by atoms with Gasteiger partial charge < -0.3 is 9.84 Å². The first-order chi connectivity index (χ1) is 7.49. The van der Waals surface area contributed by atoms with Gasteiger partial charge in [-0.15, -0.1) is 5.10 Å². The Morgan fingerprint density at radius 3 is 2.50 bits per heavy atom. The first-order valence-electron chi connectivity index (χ1n) is 5.33. The summed E-state index contributed by atoms with van der Waals surface area (Å²) in [6.45, 7) is 6.52. The normalized spacial score (nSPS) is 15.4. The van der Waals surface area contributed by atoms with Gasteiger partial charge in [0.05, 0.1) is 6.10 Å². The lowest BCUT2D eigenvalue weighted by molar-refractivity contribution is -0.0617. The summed E-state index contributed by atoms with van der Waals surface area (Å²) in [5.41, 5.74) is 0.646. The minimum atomic E-state index is -0.727. The number of ether oxygens (including phenoxy) is 1. The highest BCUT2D eigenvalue weighted by atomic mass is 79.9. The third-order valence-corrected chi connectivity index (χ3v) is 3.00. The van der Waals surface area contributed by atoms with Gasteiger partial charge in [0.1, 0.15) is 11.8 Å². The molecule has 0 aromatic carbocycles. The Labute approximate surface area is 104 Å². The third-order valence-electron chi connectivity index (χ3n) is 2.43. The lowest BCUT2D eigenvalue weighted by atomic mass is 9.99. The molecule has 0 aliphatic carbocycles. The quantitative estimate of drug-likeness (QED) is 0.897. The highest BCUT2D eigenvalue weighted by molar-refractivity contribution is 9.10. The van der Waals surface area contributed by atoms with Crippen molar-refractivity contribution in [2.45, 2.75) is 33.0 Å². The van der Waals surface area contributed by atoms with E-state index in [1.165, 1.54) is 0 Å². The van der Waals surface area contributed by atoms with Gasteiger partial charge >= 0.3 is 0 Å². The van der Waals surface area contributed by atoms with E-state index < -0.39 is 6.10 Å². The Bertz CT molecular complexity index is 321. The fraction of sp³-hybridized carbons (Fsp3) is 0.800. The second-order valence-electron chi connectivity index (χ2n) is 4.00. The Morgan fingerprint density at radius 2 is 2.12 bits per heavy atom. The van der Waals surface area contributed by atoms with Crippen molar-refractivity contribution in [3.05, 3.63) is 10.3 Å². The molecule has 0 aliphatic rings. The van der Waals surface area contributed by atoms with Crippen LogP contribution < -0.4 is 0 Å². The first-order valence-corrected chi connectivity index (χ1v) is 6.13. The van der Waals surface area contributed by atoms with Gasteiger partial charge in [-0.05, 0) is 28.8 Å². The van der Waals surface area contributed by atoms with Crippen LogP contribution in [-0.2, 0) is 11.8 Å². The van der Waals surface area contributed by atoms with Gasteiger partial charge in [0, 0.05) is 13.7 Å². The summed E-state index contributed by atoms with van der Waals surface area (Å²) in [7, 11) is 1.75. The van der Waals surface area contributed by atoms with E-state index in [0.717, 1.165) is 0 Å².